The van der Waals surface area contributed by atoms with E-state index in [1.807, 2.05) is 0 Å². The number of amides is 1. The van der Waals surface area contributed by atoms with Gasteiger partial charge < -0.3 is 36.7 Å². The van der Waals surface area contributed by atoms with Gasteiger partial charge in [-0.1, -0.05) is 47.2 Å². The molecule has 2 aromatic carbocycles. The third-order valence-corrected chi connectivity index (χ3v) is 6.60. The number of aliphatic hydroxyl groups excluding tert-OH is 1. The van der Waals surface area contributed by atoms with Gasteiger partial charge in [0.15, 0.2) is 6.29 Å². The molecule has 0 aliphatic rings. The summed E-state index contributed by atoms with van der Waals surface area (Å²) in [6, 6.07) is 11.8. The maximum absolute atomic E-state index is 12.3. The van der Waals surface area contributed by atoms with Gasteiger partial charge >= 0.3 is 6.36 Å². The van der Waals surface area contributed by atoms with Gasteiger partial charge in [0.1, 0.15) is 22.7 Å². The monoisotopic (exact) mass is 640 g/mol. The Morgan fingerprint density at radius 2 is 1.88 bits per heavy atom. The Balaban J connectivity index is 0.000000490. The number of alkyl halides is 3. The lowest BCUT2D eigenvalue weighted by molar-refractivity contribution is -0.274. The Morgan fingerprint density at radius 3 is 2.53 bits per heavy atom. The summed E-state index contributed by atoms with van der Waals surface area (Å²) in [7, 11) is 1.79. The van der Waals surface area contributed by atoms with Crippen molar-refractivity contribution >= 4 is 40.3 Å². The molecule has 3 aromatic rings. The highest BCUT2D eigenvalue weighted by molar-refractivity contribution is 7.15. The highest BCUT2D eigenvalue weighted by Crippen LogP contribution is 2.23. The number of halogens is 4. The predicted molar refractivity (Wildman–Crippen MR) is 159 cm³/mol. The molecule has 7 N–H and O–H groups in total. The van der Waals surface area contributed by atoms with Gasteiger partial charge in [-0.05, 0) is 66.8 Å². The first-order chi connectivity index (χ1) is 20.4. The summed E-state index contributed by atoms with van der Waals surface area (Å²) >= 11 is 7.13. The number of rotatable bonds is 13. The number of unbranched alkanes of at least 4 members (excludes halogenated alkanes) is 1. The summed E-state index contributed by atoms with van der Waals surface area (Å²) < 4.78 is 40.7. The second-order valence-electron chi connectivity index (χ2n) is 8.88. The van der Waals surface area contributed by atoms with Crippen molar-refractivity contribution in [2.75, 3.05) is 12.4 Å². The highest BCUT2D eigenvalue weighted by atomic mass is 35.5. The smallest absolute Gasteiger partial charge is 0.406 e. The van der Waals surface area contributed by atoms with Gasteiger partial charge in [-0.3, -0.25) is 4.79 Å². The number of anilines is 1. The van der Waals surface area contributed by atoms with E-state index < -0.39 is 24.1 Å². The number of aldehydes is 1. The predicted octanol–water partition coefficient (Wildman–Crippen LogP) is 4.77. The highest BCUT2D eigenvalue weighted by Gasteiger charge is 2.31. The number of carbonyl (C=O) groups is 2. The number of benzene rings is 2. The minimum absolute atomic E-state index is 0.0779. The standard InChI is InChI=1S/C20H25F3N6O2S.C8H7ClO2/c1-26-19-29-28-18(32-19)8-3-2-6-14(24)9-10-16(25)27-17(30)12-13-5-4-7-15(11-13)31-20(21,22)23;9-7-3-1-2-6(4-7)8(11)5-10/h4-5,7,9-11H,2-3,6,8,12,24-25H2,1H3,(H,26,29)(H,27,30);1-5,8,11H/b14-9-,16-10+;. The lowest BCUT2D eigenvalue weighted by Gasteiger charge is -2.10. The van der Waals surface area contributed by atoms with Crippen molar-refractivity contribution in [2.24, 2.45) is 11.5 Å². The van der Waals surface area contributed by atoms with Crippen LogP contribution < -0.4 is 26.8 Å². The van der Waals surface area contributed by atoms with Gasteiger partial charge in [0.2, 0.25) is 11.0 Å². The second kappa shape index (κ2) is 17.7. The Morgan fingerprint density at radius 1 is 1.14 bits per heavy atom. The number of aliphatic hydroxyl groups is 1. The third kappa shape index (κ3) is 14.5. The fourth-order valence-corrected chi connectivity index (χ4v) is 4.33. The summed E-state index contributed by atoms with van der Waals surface area (Å²) in [6.45, 7) is 0. The van der Waals surface area contributed by atoms with Crippen molar-refractivity contribution in [1.82, 2.24) is 15.5 Å². The number of carbonyl (C=O) groups excluding carboxylic acids is 2. The molecule has 0 fully saturated rings. The van der Waals surface area contributed by atoms with Crippen molar-refractivity contribution in [3.05, 3.63) is 93.4 Å². The average molecular weight is 641 g/mol. The number of hydrogen-bond donors (Lipinski definition) is 5. The van der Waals surface area contributed by atoms with Crippen LogP contribution in [0.3, 0.4) is 0 Å². The van der Waals surface area contributed by atoms with Crippen LogP contribution in [0.5, 0.6) is 5.75 Å². The molecule has 232 valence electrons. The van der Waals surface area contributed by atoms with Gasteiger partial charge in [-0.15, -0.1) is 23.4 Å². The number of nitrogens with two attached hydrogens (primary N) is 2. The fourth-order valence-electron chi connectivity index (χ4n) is 3.40. The van der Waals surface area contributed by atoms with Crippen molar-refractivity contribution in [2.45, 2.75) is 44.6 Å². The van der Waals surface area contributed by atoms with E-state index in [1.54, 1.807) is 37.4 Å². The van der Waals surface area contributed by atoms with Gasteiger partial charge in [-0.2, -0.15) is 0 Å². The molecule has 15 heteroatoms. The van der Waals surface area contributed by atoms with Crippen LogP contribution in [-0.2, 0) is 22.4 Å². The quantitative estimate of drug-likeness (QED) is 0.101. The molecule has 3 rings (SSSR count). The molecule has 0 saturated carbocycles. The minimum atomic E-state index is -4.80. The van der Waals surface area contributed by atoms with E-state index in [-0.39, 0.29) is 12.2 Å². The first-order valence-corrected chi connectivity index (χ1v) is 14.0. The molecular formula is C28H32ClF3N6O4S. The zero-order valence-corrected chi connectivity index (χ0v) is 24.7. The molecule has 0 aliphatic carbocycles. The molecule has 1 unspecified atom stereocenters. The number of ether oxygens (including phenoxy) is 1. The topological polar surface area (TPSA) is 165 Å². The molecule has 0 saturated heterocycles. The van der Waals surface area contributed by atoms with Crippen LogP contribution in [0.4, 0.5) is 18.3 Å². The van der Waals surface area contributed by atoms with Crippen molar-refractivity contribution in [3.8, 4) is 5.75 Å². The molecule has 10 nitrogen and oxygen atoms in total. The van der Waals surface area contributed by atoms with E-state index >= 15 is 0 Å². The zero-order chi connectivity index (χ0) is 31.8. The number of aromatic nitrogens is 2. The van der Waals surface area contributed by atoms with Crippen molar-refractivity contribution in [3.63, 3.8) is 0 Å². The Hall–Kier alpha value is -4.14. The van der Waals surface area contributed by atoms with E-state index in [0.29, 0.717) is 34.6 Å². The fraction of sp³-hybridized carbons (Fsp3) is 0.286. The normalized spacial score (nSPS) is 12.5. The van der Waals surface area contributed by atoms with Gasteiger partial charge in [0.05, 0.1) is 6.42 Å². The van der Waals surface area contributed by atoms with E-state index in [0.717, 1.165) is 41.5 Å². The first kappa shape index (κ1) is 35.1. The number of aryl methyl sites for hydroxylation is 1. The number of allylic oxidation sites excluding steroid dienone is 3. The Bertz CT molecular complexity index is 1400. The summed E-state index contributed by atoms with van der Waals surface area (Å²) in [5.41, 5.74) is 13.2. The SMILES string of the molecule is CNc1nnc(CCCC/C(N)=C/C=C(\N)NC(=O)Cc2cccc(OC(F)(F)F)c2)s1.O=CC(O)c1cccc(Cl)c1. The van der Waals surface area contributed by atoms with Gasteiger partial charge in [-0.25, -0.2) is 0 Å². The van der Waals surface area contributed by atoms with Crippen LogP contribution >= 0.6 is 22.9 Å². The second-order valence-corrected chi connectivity index (χ2v) is 10.4. The maximum Gasteiger partial charge on any atom is 0.573 e. The Labute approximate surface area is 255 Å². The van der Waals surface area contributed by atoms with Gasteiger partial charge in [0, 0.05) is 24.2 Å². The van der Waals surface area contributed by atoms with Crippen molar-refractivity contribution in [1.29, 1.82) is 0 Å². The van der Waals surface area contributed by atoms with Crippen LogP contribution in [-0.4, -0.2) is 40.9 Å². The molecule has 1 amide bonds. The van der Waals surface area contributed by atoms with Crippen LogP contribution in [0.2, 0.25) is 5.02 Å². The number of nitrogens with zero attached hydrogens (tertiary/aromatic N) is 2. The molecule has 0 radical (unpaired) electrons. The van der Waals surface area contributed by atoms with Gasteiger partial charge in [0.25, 0.3) is 0 Å². The largest absolute Gasteiger partial charge is 0.573 e. The number of hydrogen-bond acceptors (Lipinski definition) is 10. The van der Waals surface area contributed by atoms with E-state index in [2.05, 4.69) is 25.6 Å². The summed E-state index contributed by atoms with van der Waals surface area (Å²) in [6.07, 6.45) is 0.750. The van der Waals surface area contributed by atoms with Crippen LogP contribution in [0.25, 0.3) is 0 Å². The minimum Gasteiger partial charge on any atom is -0.406 e. The van der Waals surface area contributed by atoms with Crippen LogP contribution in [0.1, 0.15) is 41.5 Å². The van der Waals surface area contributed by atoms with Crippen LogP contribution in [0.15, 0.2) is 72.2 Å². The zero-order valence-electron chi connectivity index (χ0n) is 23.1. The average Bonchev–Trinajstić information content (AvgIpc) is 3.41. The third-order valence-electron chi connectivity index (χ3n) is 5.36. The molecular weight excluding hydrogens is 609 g/mol. The molecule has 0 bridgehead atoms. The molecule has 1 aromatic heterocycles. The summed E-state index contributed by atoms with van der Waals surface area (Å²) in [4.78, 5) is 22.2. The number of nitrogens with one attached hydrogen (secondary N) is 2. The lowest BCUT2D eigenvalue weighted by atomic mass is 10.1. The molecule has 0 aliphatic heterocycles. The van der Waals surface area contributed by atoms with Crippen LogP contribution in [0, 0.1) is 0 Å². The van der Waals surface area contributed by atoms with E-state index in [9.17, 15) is 22.8 Å². The summed E-state index contributed by atoms with van der Waals surface area (Å²) in [5.74, 6) is -0.794. The Kier molecular flexibility index (Phi) is 14.5. The lowest BCUT2D eigenvalue weighted by Crippen LogP contribution is -2.28. The summed E-state index contributed by atoms with van der Waals surface area (Å²) in [5, 5.41) is 24.7. The van der Waals surface area contributed by atoms with Crippen molar-refractivity contribution < 1.29 is 32.6 Å². The molecule has 43 heavy (non-hydrogen) atoms. The molecule has 0 spiro atoms. The maximum atomic E-state index is 12.3. The van der Waals surface area contributed by atoms with E-state index in [1.165, 1.54) is 29.5 Å². The van der Waals surface area contributed by atoms with E-state index in [4.69, 9.17) is 28.2 Å². The molecule has 1 heterocycles. The molecule has 1 atom stereocenters. The first-order valence-electron chi connectivity index (χ1n) is 12.8.